The number of halogens is 6. The summed E-state index contributed by atoms with van der Waals surface area (Å²) in [5.74, 6) is -3.93. The molecule has 0 unspecified atom stereocenters. The zero-order valence-corrected chi connectivity index (χ0v) is 21.5. The van der Waals surface area contributed by atoms with E-state index in [1.807, 2.05) is 0 Å². The molecule has 0 atom stereocenters. The van der Waals surface area contributed by atoms with Crippen molar-refractivity contribution < 1.29 is 45.5 Å². The van der Waals surface area contributed by atoms with Crippen LogP contribution in [0.1, 0.15) is 52.9 Å². The fraction of sp³-hybridized carbons (Fsp3) is 0.864. The van der Waals surface area contributed by atoms with Crippen LogP contribution >= 0.6 is 0 Å². The minimum absolute atomic E-state index is 0.0893. The number of ether oxygens (including phenoxy) is 1. The third kappa shape index (κ3) is 19.5. The molecular weight excluding hydrogens is 512 g/mol. The van der Waals surface area contributed by atoms with Crippen LogP contribution in [-0.2, 0) is 14.3 Å². The summed E-state index contributed by atoms with van der Waals surface area (Å²) in [4.78, 5) is 35.5. The number of nitrogens with zero attached hydrogens (tertiary/aromatic N) is 1. The molecule has 0 radical (unpaired) electrons. The van der Waals surface area contributed by atoms with Crippen molar-refractivity contribution in [3.63, 3.8) is 0 Å². The Morgan fingerprint density at radius 2 is 1.03 bits per heavy atom. The summed E-state index contributed by atoms with van der Waals surface area (Å²) in [5.41, 5.74) is -0.669. The molecule has 0 aromatic heterocycles. The second kappa shape index (κ2) is 17.3. The molecule has 0 aromatic carbocycles. The molecule has 4 N–H and O–H groups in total. The summed E-state index contributed by atoms with van der Waals surface area (Å²) in [6, 6.07) is 0. The minimum atomic E-state index is -4.90. The molecule has 0 aliphatic rings. The lowest BCUT2D eigenvalue weighted by Crippen LogP contribution is -2.39. The highest BCUT2D eigenvalue weighted by Gasteiger charge is 2.38. The lowest BCUT2D eigenvalue weighted by atomic mass is 10.2. The van der Waals surface area contributed by atoms with Gasteiger partial charge in [-0.05, 0) is 79.1 Å². The van der Waals surface area contributed by atoms with Gasteiger partial charge in [0.15, 0.2) is 0 Å². The number of unbranched alkanes of at least 4 members (excludes halogenated alkanes) is 1. The molecule has 0 bridgehead atoms. The number of hydrogen-bond donors (Lipinski definition) is 4. The van der Waals surface area contributed by atoms with Crippen molar-refractivity contribution in [3.8, 4) is 0 Å². The van der Waals surface area contributed by atoms with Crippen LogP contribution in [0.5, 0.6) is 0 Å². The predicted molar refractivity (Wildman–Crippen MR) is 125 cm³/mol. The Morgan fingerprint density at radius 1 is 0.622 bits per heavy atom. The molecule has 0 heterocycles. The van der Waals surface area contributed by atoms with Crippen LogP contribution in [0.15, 0.2) is 0 Å². The fourth-order valence-corrected chi connectivity index (χ4v) is 2.85. The van der Waals surface area contributed by atoms with E-state index in [1.54, 1.807) is 36.3 Å². The molecule has 0 spiro atoms. The lowest BCUT2D eigenvalue weighted by Gasteiger charge is -2.27. The van der Waals surface area contributed by atoms with Gasteiger partial charge < -0.3 is 30.9 Å². The van der Waals surface area contributed by atoms with E-state index in [9.17, 15) is 40.7 Å². The summed E-state index contributed by atoms with van der Waals surface area (Å²) >= 11 is 0. The summed E-state index contributed by atoms with van der Waals surface area (Å²) in [6.07, 6.45) is -7.64. The number of nitrogens with one attached hydrogen (secondary N) is 4. The van der Waals surface area contributed by atoms with Crippen molar-refractivity contribution in [2.24, 2.45) is 0 Å². The predicted octanol–water partition coefficient (Wildman–Crippen LogP) is 2.71. The fourth-order valence-electron chi connectivity index (χ4n) is 2.85. The number of carbonyl (C=O) groups excluding carboxylic acids is 3. The Bertz CT molecular complexity index is 684. The molecule has 218 valence electrons. The molecule has 3 amide bonds. The van der Waals surface area contributed by atoms with Crippen molar-refractivity contribution in [2.45, 2.75) is 70.8 Å². The Morgan fingerprint density at radius 3 is 1.46 bits per heavy atom. The molecule has 37 heavy (non-hydrogen) atoms. The smallest absolute Gasteiger partial charge is 0.444 e. The zero-order chi connectivity index (χ0) is 28.5. The minimum Gasteiger partial charge on any atom is -0.444 e. The van der Waals surface area contributed by atoms with Crippen LogP contribution in [0.2, 0.25) is 0 Å². The van der Waals surface area contributed by atoms with Crippen molar-refractivity contribution in [1.29, 1.82) is 0 Å². The van der Waals surface area contributed by atoms with E-state index in [0.717, 1.165) is 0 Å². The standard InChI is InChI=1S/C22H39F6N5O4/c1-20(2,3)37-19(36)33(16-8-12-30-11-7-14-32-18(35)22(26,27)28)15-5-4-9-29-10-6-13-31-17(34)21(23,24)25/h29-30H,4-16H2,1-3H3,(H,31,34)(H,32,35). The first-order valence-corrected chi connectivity index (χ1v) is 12.1. The maximum Gasteiger partial charge on any atom is 0.471 e. The van der Waals surface area contributed by atoms with Gasteiger partial charge in [0.2, 0.25) is 0 Å². The third-order valence-electron chi connectivity index (χ3n) is 4.61. The van der Waals surface area contributed by atoms with E-state index < -0.39 is 35.9 Å². The van der Waals surface area contributed by atoms with Gasteiger partial charge in [-0.3, -0.25) is 9.59 Å². The van der Waals surface area contributed by atoms with Gasteiger partial charge in [-0.2, -0.15) is 26.3 Å². The average Bonchev–Trinajstić information content (AvgIpc) is 2.75. The summed E-state index contributed by atoms with van der Waals surface area (Å²) < 4.78 is 78.0. The van der Waals surface area contributed by atoms with E-state index in [4.69, 9.17) is 4.74 Å². The highest BCUT2D eigenvalue weighted by atomic mass is 19.4. The second-order valence-corrected chi connectivity index (χ2v) is 9.24. The zero-order valence-electron chi connectivity index (χ0n) is 21.5. The summed E-state index contributed by atoms with van der Waals surface area (Å²) in [6.45, 7) is 7.83. The summed E-state index contributed by atoms with van der Waals surface area (Å²) in [5, 5.41) is 9.70. The van der Waals surface area contributed by atoms with Gasteiger partial charge >= 0.3 is 30.3 Å². The molecule has 15 heteroatoms. The van der Waals surface area contributed by atoms with E-state index in [-0.39, 0.29) is 13.1 Å². The molecule has 0 fully saturated rings. The highest BCUT2D eigenvalue weighted by molar-refractivity contribution is 5.81. The highest BCUT2D eigenvalue weighted by Crippen LogP contribution is 2.14. The van der Waals surface area contributed by atoms with Gasteiger partial charge in [-0.25, -0.2) is 4.79 Å². The second-order valence-electron chi connectivity index (χ2n) is 9.24. The van der Waals surface area contributed by atoms with Gasteiger partial charge in [0.25, 0.3) is 0 Å². The summed E-state index contributed by atoms with van der Waals surface area (Å²) in [7, 11) is 0. The maximum atomic E-state index is 12.5. The van der Waals surface area contributed by atoms with Gasteiger partial charge in [-0.15, -0.1) is 0 Å². The van der Waals surface area contributed by atoms with E-state index in [0.29, 0.717) is 71.4 Å². The van der Waals surface area contributed by atoms with Gasteiger partial charge in [0.1, 0.15) is 5.60 Å². The van der Waals surface area contributed by atoms with Crippen LogP contribution in [0, 0.1) is 0 Å². The average molecular weight is 552 g/mol. The molecule has 9 nitrogen and oxygen atoms in total. The SMILES string of the molecule is CC(C)(C)OC(=O)N(CCCCNCCCNC(=O)C(F)(F)F)CCCNCCCNC(=O)C(F)(F)F. The van der Waals surface area contributed by atoms with Crippen molar-refractivity contribution >= 4 is 17.9 Å². The number of carbonyl (C=O) groups is 3. The van der Waals surface area contributed by atoms with Crippen molar-refractivity contribution in [3.05, 3.63) is 0 Å². The Kier molecular flexibility index (Phi) is 16.2. The topological polar surface area (TPSA) is 112 Å². The normalized spacial score (nSPS) is 12.2. The number of alkyl halides is 6. The molecule has 0 rings (SSSR count). The first-order chi connectivity index (χ1) is 17.0. The number of rotatable bonds is 17. The Hall–Kier alpha value is -2.29. The van der Waals surface area contributed by atoms with Gasteiger partial charge in [0, 0.05) is 26.2 Å². The Labute approximate surface area is 213 Å². The Balaban J connectivity index is 4.13. The van der Waals surface area contributed by atoms with E-state index in [1.165, 1.54) is 0 Å². The quantitative estimate of drug-likeness (QED) is 0.163. The van der Waals surface area contributed by atoms with E-state index >= 15 is 0 Å². The first-order valence-electron chi connectivity index (χ1n) is 12.1. The first kappa shape index (κ1) is 34.7. The third-order valence-corrected chi connectivity index (χ3v) is 4.61. The van der Waals surface area contributed by atoms with Crippen molar-refractivity contribution in [1.82, 2.24) is 26.2 Å². The van der Waals surface area contributed by atoms with Crippen LogP contribution in [-0.4, -0.2) is 93.1 Å². The molecule has 0 saturated heterocycles. The lowest BCUT2D eigenvalue weighted by molar-refractivity contribution is -0.173. The number of hydrogen-bond acceptors (Lipinski definition) is 6. The van der Waals surface area contributed by atoms with Gasteiger partial charge in [0.05, 0.1) is 0 Å². The molecule has 0 aliphatic heterocycles. The monoisotopic (exact) mass is 551 g/mol. The molecule has 0 aromatic rings. The molecular formula is C22H39F6N5O4. The van der Waals surface area contributed by atoms with Crippen LogP contribution in [0.25, 0.3) is 0 Å². The van der Waals surface area contributed by atoms with Crippen LogP contribution in [0.4, 0.5) is 31.1 Å². The van der Waals surface area contributed by atoms with Gasteiger partial charge in [-0.1, -0.05) is 0 Å². The largest absolute Gasteiger partial charge is 0.471 e. The number of amides is 3. The molecule has 0 aliphatic carbocycles. The maximum absolute atomic E-state index is 12.5. The van der Waals surface area contributed by atoms with Crippen LogP contribution in [0.3, 0.4) is 0 Å². The van der Waals surface area contributed by atoms with Crippen molar-refractivity contribution in [2.75, 3.05) is 52.4 Å². The molecule has 0 saturated carbocycles. The van der Waals surface area contributed by atoms with Crippen LogP contribution < -0.4 is 21.3 Å². The van der Waals surface area contributed by atoms with E-state index in [2.05, 4.69) is 10.6 Å².